The van der Waals surface area contributed by atoms with Gasteiger partial charge in [-0.2, -0.15) is 10.1 Å². The fraction of sp³-hybridized carbons (Fsp3) is 0.200. The number of nitrogens with zero attached hydrogens (tertiary/aromatic N) is 4. The molecule has 0 bridgehead atoms. The lowest BCUT2D eigenvalue weighted by Crippen LogP contribution is -2.51. The van der Waals surface area contributed by atoms with Crippen LogP contribution in [0.15, 0.2) is 47.3 Å². The third-order valence-electron chi connectivity index (χ3n) is 5.38. The Labute approximate surface area is 158 Å². The van der Waals surface area contributed by atoms with Crippen molar-refractivity contribution in [2.45, 2.75) is 25.4 Å². The van der Waals surface area contributed by atoms with E-state index in [0.29, 0.717) is 12.0 Å². The van der Waals surface area contributed by atoms with Crippen molar-refractivity contribution in [3.8, 4) is 22.6 Å². The summed E-state index contributed by atoms with van der Waals surface area (Å²) in [5.41, 5.74) is -0.453. The summed E-state index contributed by atoms with van der Waals surface area (Å²) in [5, 5.41) is 4.51. The van der Waals surface area contributed by atoms with Gasteiger partial charge in [0, 0.05) is 30.0 Å². The van der Waals surface area contributed by atoms with Crippen molar-refractivity contribution in [3.05, 3.63) is 64.5 Å². The molecule has 1 fully saturated rings. The van der Waals surface area contributed by atoms with Gasteiger partial charge in [-0.15, -0.1) is 0 Å². The molecular weight excluding hydrogens is 366 g/mol. The molecule has 3 heterocycles. The van der Waals surface area contributed by atoms with E-state index in [2.05, 4.69) is 10.1 Å². The van der Waals surface area contributed by atoms with Crippen molar-refractivity contribution in [1.29, 1.82) is 0 Å². The van der Waals surface area contributed by atoms with E-state index in [-0.39, 0.29) is 35.1 Å². The molecule has 0 N–H and O–H groups in total. The Hall–Kier alpha value is -3.42. The van der Waals surface area contributed by atoms with Crippen LogP contribution in [-0.2, 0) is 10.5 Å². The number of carbonyl (C=O) groups is 1. The quantitative estimate of drug-likeness (QED) is 0.651. The number of aromatic nitrogens is 3. The van der Waals surface area contributed by atoms with Crippen LogP contribution in [-0.4, -0.2) is 20.7 Å². The van der Waals surface area contributed by atoms with E-state index in [4.69, 9.17) is 0 Å². The largest absolute Gasteiger partial charge is 0.300 e. The first-order valence-electron chi connectivity index (χ1n) is 8.80. The molecule has 140 valence electrons. The lowest BCUT2D eigenvalue weighted by atomic mass is 10.0. The SMILES string of the molecule is C[C@@]12CCC(=O)N1c1cc(F)c(F)cc1-c1nc(=O)c(-c3ccccc3)nn12. The molecular formula is C20H14F2N4O2. The number of carbonyl (C=O) groups excluding carboxylic acids is 1. The monoisotopic (exact) mass is 380 g/mol. The van der Waals surface area contributed by atoms with Crippen LogP contribution in [0.3, 0.4) is 0 Å². The molecule has 2 aliphatic rings. The minimum atomic E-state index is -1.08. The summed E-state index contributed by atoms with van der Waals surface area (Å²) in [6.45, 7) is 1.78. The van der Waals surface area contributed by atoms with Gasteiger partial charge in [0.05, 0.1) is 5.69 Å². The van der Waals surface area contributed by atoms with Gasteiger partial charge < -0.3 is 0 Å². The first-order chi connectivity index (χ1) is 13.4. The number of rotatable bonds is 1. The second-order valence-electron chi connectivity index (χ2n) is 7.10. The third kappa shape index (κ3) is 2.11. The molecule has 2 aliphatic heterocycles. The van der Waals surface area contributed by atoms with Crippen LogP contribution in [0.2, 0.25) is 0 Å². The summed E-state index contributed by atoms with van der Waals surface area (Å²) in [4.78, 5) is 30.8. The Morgan fingerprint density at radius 2 is 1.79 bits per heavy atom. The summed E-state index contributed by atoms with van der Waals surface area (Å²) < 4.78 is 29.4. The van der Waals surface area contributed by atoms with E-state index in [9.17, 15) is 18.4 Å². The Bertz CT molecular complexity index is 1210. The average Bonchev–Trinajstić information content (AvgIpc) is 2.99. The molecule has 0 saturated carbocycles. The Morgan fingerprint density at radius 1 is 1.07 bits per heavy atom. The molecule has 28 heavy (non-hydrogen) atoms. The van der Waals surface area contributed by atoms with Gasteiger partial charge in [-0.25, -0.2) is 13.5 Å². The molecule has 5 rings (SSSR count). The van der Waals surface area contributed by atoms with Gasteiger partial charge in [0.15, 0.2) is 23.2 Å². The normalized spacial score (nSPS) is 20.0. The van der Waals surface area contributed by atoms with Crippen LogP contribution in [0, 0.1) is 11.6 Å². The van der Waals surface area contributed by atoms with E-state index in [1.165, 1.54) is 9.58 Å². The second-order valence-corrected chi connectivity index (χ2v) is 7.10. The molecule has 1 aromatic heterocycles. The second kappa shape index (κ2) is 5.54. The van der Waals surface area contributed by atoms with Gasteiger partial charge in [-0.1, -0.05) is 30.3 Å². The average molecular weight is 380 g/mol. The van der Waals surface area contributed by atoms with Gasteiger partial charge in [0.1, 0.15) is 5.66 Å². The maximum Gasteiger partial charge on any atom is 0.300 e. The predicted molar refractivity (Wildman–Crippen MR) is 97.4 cm³/mol. The van der Waals surface area contributed by atoms with Crippen LogP contribution in [0.25, 0.3) is 22.6 Å². The zero-order valence-electron chi connectivity index (χ0n) is 14.8. The maximum atomic E-state index is 14.0. The van der Waals surface area contributed by atoms with Crippen molar-refractivity contribution in [3.63, 3.8) is 0 Å². The van der Waals surface area contributed by atoms with Crippen molar-refractivity contribution in [2.24, 2.45) is 0 Å². The van der Waals surface area contributed by atoms with E-state index in [0.717, 1.165) is 12.1 Å². The highest BCUT2D eigenvalue weighted by Crippen LogP contribution is 2.48. The molecule has 0 unspecified atom stereocenters. The van der Waals surface area contributed by atoms with Gasteiger partial charge in [-0.3, -0.25) is 14.5 Å². The smallest absolute Gasteiger partial charge is 0.286 e. The molecule has 0 spiro atoms. The number of hydrogen-bond acceptors (Lipinski definition) is 4. The third-order valence-corrected chi connectivity index (χ3v) is 5.38. The standard InChI is InChI=1S/C20H14F2N4O2/c1-20-8-7-16(27)25(20)15-10-14(22)13(21)9-12(15)18-23-19(28)17(24-26(18)20)11-5-3-2-4-6-11/h2-6,9-10H,7-8H2,1H3/t20-/m1/s1. The minimum absolute atomic E-state index is 0.118. The van der Waals surface area contributed by atoms with Gasteiger partial charge in [-0.05, 0) is 13.0 Å². The Balaban J connectivity index is 1.86. The fourth-order valence-corrected chi connectivity index (χ4v) is 4.00. The molecule has 0 aliphatic carbocycles. The van der Waals surface area contributed by atoms with Crippen LogP contribution in [0.4, 0.5) is 14.5 Å². The highest BCUT2D eigenvalue weighted by molar-refractivity contribution is 6.01. The van der Waals surface area contributed by atoms with Crippen molar-refractivity contribution < 1.29 is 13.6 Å². The molecule has 6 nitrogen and oxygen atoms in total. The predicted octanol–water partition coefficient (Wildman–Crippen LogP) is 3.06. The van der Waals surface area contributed by atoms with E-state index in [1.54, 1.807) is 31.2 Å². The number of amides is 1. The zero-order chi connectivity index (χ0) is 19.6. The number of halogens is 2. The zero-order valence-corrected chi connectivity index (χ0v) is 14.8. The molecule has 1 amide bonds. The van der Waals surface area contributed by atoms with Crippen molar-refractivity contribution in [2.75, 3.05) is 4.90 Å². The highest BCUT2D eigenvalue weighted by atomic mass is 19.2. The fourth-order valence-electron chi connectivity index (χ4n) is 4.00. The number of benzene rings is 2. The van der Waals surface area contributed by atoms with Crippen LogP contribution >= 0.6 is 0 Å². The summed E-state index contributed by atoms with van der Waals surface area (Å²) in [5.74, 6) is -2.25. The number of fused-ring (bicyclic) bond motifs is 6. The summed E-state index contributed by atoms with van der Waals surface area (Å²) >= 11 is 0. The van der Waals surface area contributed by atoms with E-state index in [1.807, 2.05) is 6.07 Å². The van der Waals surface area contributed by atoms with Crippen molar-refractivity contribution in [1.82, 2.24) is 14.8 Å². The number of anilines is 1. The molecule has 8 heteroatoms. The van der Waals surface area contributed by atoms with Gasteiger partial charge in [0.25, 0.3) is 5.56 Å². The van der Waals surface area contributed by atoms with Crippen LogP contribution in [0.1, 0.15) is 19.8 Å². The van der Waals surface area contributed by atoms with Crippen LogP contribution in [0.5, 0.6) is 0 Å². The van der Waals surface area contributed by atoms with Crippen molar-refractivity contribution >= 4 is 11.6 Å². The van der Waals surface area contributed by atoms with E-state index >= 15 is 0 Å². The topological polar surface area (TPSA) is 68.1 Å². The van der Waals surface area contributed by atoms with Gasteiger partial charge >= 0.3 is 0 Å². The van der Waals surface area contributed by atoms with E-state index < -0.39 is 22.9 Å². The minimum Gasteiger partial charge on any atom is -0.286 e. The highest BCUT2D eigenvalue weighted by Gasteiger charge is 2.50. The summed E-state index contributed by atoms with van der Waals surface area (Å²) in [7, 11) is 0. The molecule has 3 aromatic rings. The summed E-state index contributed by atoms with van der Waals surface area (Å²) in [6, 6.07) is 10.8. The molecule has 1 saturated heterocycles. The van der Waals surface area contributed by atoms with Crippen LogP contribution < -0.4 is 10.5 Å². The first kappa shape index (κ1) is 16.7. The van der Waals surface area contributed by atoms with Gasteiger partial charge in [0.2, 0.25) is 5.91 Å². The Kier molecular flexibility index (Phi) is 3.31. The summed E-state index contributed by atoms with van der Waals surface area (Å²) in [6.07, 6.45) is 0.631. The molecule has 2 aromatic carbocycles. The lowest BCUT2D eigenvalue weighted by Gasteiger charge is -2.42. The first-order valence-corrected chi connectivity index (χ1v) is 8.80. The lowest BCUT2D eigenvalue weighted by molar-refractivity contribution is -0.117. The molecule has 0 radical (unpaired) electrons. The maximum absolute atomic E-state index is 14.0. The Morgan fingerprint density at radius 3 is 2.54 bits per heavy atom. The molecule has 1 atom stereocenters. The number of hydrogen-bond donors (Lipinski definition) is 0.